The van der Waals surface area contributed by atoms with Gasteiger partial charge in [-0.25, -0.2) is 13.6 Å². The van der Waals surface area contributed by atoms with Crippen molar-refractivity contribution in [1.29, 1.82) is 0 Å². The Labute approximate surface area is 238 Å². The first-order valence-electron chi connectivity index (χ1n) is 13.9. The number of carbonyl (C=O) groups is 3. The molecular weight excluding hydrogens is 540 g/mol. The molecule has 0 N–H and O–H groups in total. The first kappa shape index (κ1) is 28.3. The Morgan fingerprint density at radius 2 is 1.52 bits per heavy atom. The van der Waals surface area contributed by atoms with Crippen molar-refractivity contribution in [3.63, 3.8) is 0 Å². The van der Waals surface area contributed by atoms with Crippen molar-refractivity contribution in [3.05, 3.63) is 64.9 Å². The zero-order valence-electron chi connectivity index (χ0n) is 22.5. The van der Waals surface area contributed by atoms with Gasteiger partial charge in [0.1, 0.15) is 17.7 Å². The zero-order chi connectivity index (χ0) is 28.4. The van der Waals surface area contributed by atoms with Gasteiger partial charge < -0.3 is 19.4 Å². The highest BCUT2D eigenvalue weighted by atomic mass is 35.5. The van der Waals surface area contributed by atoms with Crippen LogP contribution in [0, 0.1) is 17.7 Å². The largest absolute Gasteiger partial charge is 0.415 e. The Balaban J connectivity index is 1.25. The summed E-state index contributed by atoms with van der Waals surface area (Å²) in [5.74, 6) is -0.801. The molecule has 2 aromatic carbocycles. The van der Waals surface area contributed by atoms with E-state index in [1.54, 1.807) is 29.0 Å². The predicted octanol–water partition coefficient (Wildman–Crippen LogP) is 5.28. The molecule has 3 amide bonds. The summed E-state index contributed by atoms with van der Waals surface area (Å²) in [6.07, 6.45) is 0.974. The van der Waals surface area contributed by atoms with Crippen molar-refractivity contribution in [2.45, 2.75) is 50.2 Å². The van der Waals surface area contributed by atoms with Crippen molar-refractivity contribution < 1.29 is 27.9 Å². The molecule has 4 atom stereocenters. The molecule has 3 aliphatic rings. The fourth-order valence-corrected chi connectivity index (χ4v) is 6.35. The van der Waals surface area contributed by atoms with E-state index in [0.717, 1.165) is 5.56 Å². The van der Waals surface area contributed by atoms with Crippen molar-refractivity contribution in [1.82, 2.24) is 14.7 Å². The van der Waals surface area contributed by atoms with Crippen LogP contribution in [0.25, 0.3) is 0 Å². The fourth-order valence-electron chi connectivity index (χ4n) is 6.22. The minimum absolute atomic E-state index is 0.0105. The van der Waals surface area contributed by atoms with E-state index < -0.39 is 18.1 Å². The maximum atomic E-state index is 13.6. The van der Waals surface area contributed by atoms with Crippen LogP contribution in [-0.2, 0) is 9.59 Å². The van der Waals surface area contributed by atoms with E-state index in [4.69, 9.17) is 16.3 Å². The molecule has 0 spiro atoms. The molecule has 214 valence electrons. The third-order valence-electron chi connectivity index (χ3n) is 8.58. The first-order valence-corrected chi connectivity index (χ1v) is 14.2. The van der Waals surface area contributed by atoms with Gasteiger partial charge in [-0.3, -0.25) is 9.59 Å². The molecule has 1 aliphatic carbocycles. The maximum Gasteiger partial charge on any atom is 0.415 e. The molecule has 5 rings (SSSR count). The van der Waals surface area contributed by atoms with Crippen LogP contribution in [0.4, 0.5) is 13.6 Å². The second-order valence-corrected chi connectivity index (χ2v) is 11.5. The molecule has 7 nitrogen and oxygen atoms in total. The van der Waals surface area contributed by atoms with Crippen LogP contribution in [0.2, 0.25) is 5.02 Å². The number of benzene rings is 2. The fraction of sp³-hybridized carbons (Fsp3) is 0.500. The average molecular weight is 574 g/mol. The van der Waals surface area contributed by atoms with Gasteiger partial charge in [0.2, 0.25) is 11.8 Å². The predicted molar refractivity (Wildman–Crippen MR) is 146 cm³/mol. The molecule has 0 aromatic heterocycles. The molecule has 10 heteroatoms. The van der Waals surface area contributed by atoms with Crippen LogP contribution in [0.5, 0.6) is 5.75 Å². The number of likely N-dealkylation sites (N-methyl/N-ethyl adjacent to an activating group) is 1. The Hall–Kier alpha value is -3.20. The Morgan fingerprint density at radius 3 is 2.15 bits per heavy atom. The van der Waals surface area contributed by atoms with Crippen LogP contribution in [0.3, 0.4) is 0 Å². The van der Waals surface area contributed by atoms with Crippen LogP contribution in [0.1, 0.15) is 43.6 Å². The Morgan fingerprint density at radius 1 is 0.875 bits per heavy atom. The van der Waals surface area contributed by atoms with Crippen molar-refractivity contribution in [2.24, 2.45) is 11.8 Å². The lowest BCUT2D eigenvalue weighted by molar-refractivity contribution is -0.142. The van der Waals surface area contributed by atoms with Crippen molar-refractivity contribution in [3.8, 4) is 5.75 Å². The van der Waals surface area contributed by atoms with Gasteiger partial charge in [-0.15, -0.1) is 0 Å². The summed E-state index contributed by atoms with van der Waals surface area (Å²) in [7, 11) is 1.64. The minimum Gasteiger partial charge on any atom is -0.410 e. The van der Waals surface area contributed by atoms with Gasteiger partial charge in [-0.1, -0.05) is 23.7 Å². The summed E-state index contributed by atoms with van der Waals surface area (Å²) < 4.78 is 32.4. The zero-order valence-corrected chi connectivity index (χ0v) is 23.2. The van der Waals surface area contributed by atoms with E-state index in [-0.39, 0.29) is 41.4 Å². The average Bonchev–Trinajstić information content (AvgIpc) is 3.60. The Kier molecular flexibility index (Phi) is 8.59. The highest BCUT2D eigenvalue weighted by Crippen LogP contribution is 2.35. The number of halogens is 3. The summed E-state index contributed by atoms with van der Waals surface area (Å²) in [4.78, 5) is 44.6. The lowest BCUT2D eigenvalue weighted by Gasteiger charge is -2.34. The summed E-state index contributed by atoms with van der Waals surface area (Å²) in [5, 5.41) is 0.594. The smallest absolute Gasteiger partial charge is 0.410 e. The van der Waals surface area contributed by atoms with Gasteiger partial charge in [-0.05, 0) is 74.1 Å². The molecule has 40 heavy (non-hydrogen) atoms. The lowest BCUT2D eigenvalue weighted by atomic mass is 9.93. The van der Waals surface area contributed by atoms with E-state index in [0.29, 0.717) is 63.3 Å². The number of hydrogen-bond acceptors (Lipinski definition) is 4. The number of ether oxygens (including phenoxy) is 1. The number of amides is 3. The van der Waals surface area contributed by atoms with E-state index in [1.807, 2.05) is 12.1 Å². The molecule has 0 radical (unpaired) electrons. The quantitative estimate of drug-likeness (QED) is 0.488. The first-order chi connectivity index (χ1) is 19.2. The molecule has 2 aliphatic heterocycles. The SMILES string of the molecule is CN(C(=O)Oc1ccc(F)cc1)[C@@H]1CN(C(=O)C2CCN(C(=O)C3CCC(F)C3)CC2)C[C@H]1c1ccc(Cl)cc1. The number of carbonyl (C=O) groups excluding carboxylic acids is 3. The highest BCUT2D eigenvalue weighted by molar-refractivity contribution is 6.30. The summed E-state index contributed by atoms with van der Waals surface area (Å²) in [6.45, 7) is 1.74. The van der Waals surface area contributed by atoms with Crippen LogP contribution >= 0.6 is 11.6 Å². The molecule has 2 heterocycles. The van der Waals surface area contributed by atoms with E-state index in [1.165, 1.54) is 29.2 Å². The number of alkyl halides is 1. The monoisotopic (exact) mass is 573 g/mol. The number of rotatable bonds is 5. The van der Waals surface area contributed by atoms with Crippen LogP contribution in [-0.4, -0.2) is 78.0 Å². The normalized spacial score (nSPS) is 25.2. The molecule has 1 saturated carbocycles. The van der Waals surface area contributed by atoms with Gasteiger partial charge in [-0.2, -0.15) is 0 Å². The molecular formula is C30H34ClF2N3O4. The minimum atomic E-state index is -0.893. The van der Waals surface area contributed by atoms with Crippen LogP contribution in [0.15, 0.2) is 48.5 Å². The standard InChI is InChI=1S/C30H34ClF2N3O4/c1-34(30(39)40-25-10-8-23(32)9-11-25)27-18-36(17-26(27)19-2-5-22(31)6-3-19)28(37)20-12-14-35(15-13-20)29(38)21-4-7-24(33)16-21/h2-3,5-6,8-11,20-21,24,26-27H,4,7,12-18H2,1H3/t21?,24?,26-,27+/m0/s1. The molecule has 2 unspecified atom stereocenters. The van der Waals surface area contributed by atoms with Crippen LogP contribution < -0.4 is 4.74 Å². The lowest BCUT2D eigenvalue weighted by Crippen LogP contribution is -2.46. The Bertz CT molecular complexity index is 1220. The van der Waals surface area contributed by atoms with Gasteiger partial charge in [0.25, 0.3) is 0 Å². The number of nitrogens with zero attached hydrogens (tertiary/aromatic N) is 3. The third-order valence-corrected chi connectivity index (χ3v) is 8.83. The summed E-state index contributed by atoms with van der Waals surface area (Å²) >= 11 is 6.11. The molecule has 0 bridgehead atoms. The highest BCUT2D eigenvalue weighted by Gasteiger charge is 2.43. The second kappa shape index (κ2) is 12.1. The third kappa shape index (κ3) is 6.24. The van der Waals surface area contributed by atoms with E-state index >= 15 is 0 Å². The summed E-state index contributed by atoms with van der Waals surface area (Å²) in [6, 6.07) is 12.3. The maximum absolute atomic E-state index is 13.6. The topological polar surface area (TPSA) is 70.2 Å². The van der Waals surface area contributed by atoms with Crippen molar-refractivity contribution >= 4 is 29.5 Å². The van der Waals surface area contributed by atoms with Gasteiger partial charge >= 0.3 is 6.09 Å². The molecule has 2 aromatic rings. The molecule has 3 fully saturated rings. The molecule has 2 saturated heterocycles. The van der Waals surface area contributed by atoms with Crippen molar-refractivity contribution in [2.75, 3.05) is 33.2 Å². The van der Waals surface area contributed by atoms with Gasteiger partial charge in [0, 0.05) is 56.0 Å². The number of likely N-dealkylation sites (tertiary alicyclic amines) is 2. The van der Waals surface area contributed by atoms with E-state index in [2.05, 4.69) is 0 Å². The number of piperidine rings is 1. The number of hydrogen-bond donors (Lipinski definition) is 0. The van der Waals surface area contributed by atoms with Gasteiger partial charge in [0.05, 0.1) is 6.04 Å². The second-order valence-electron chi connectivity index (χ2n) is 11.1. The van der Waals surface area contributed by atoms with E-state index in [9.17, 15) is 23.2 Å². The van der Waals surface area contributed by atoms with Gasteiger partial charge in [0.15, 0.2) is 0 Å². The summed E-state index contributed by atoms with van der Waals surface area (Å²) in [5.41, 5.74) is 0.953.